The summed E-state index contributed by atoms with van der Waals surface area (Å²) < 4.78 is 9.09. The van der Waals surface area contributed by atoms with Gasteiger partial charge in [0.15, 0.2) is 0 Å². The van der Waals surface area contributed by atoms with Crippen molar-refractivity contribution in [2.75, 3.05) is 13.1 Å². The quantitative estimate of drug-likeness (QED) is 0.365. The fourth-order valence-electron chi connectivity index (χ4n) is 1.47. The number of amides is 3. The van der Waals surface area contributed by atoms with E-state index in [2.05, 4.69) is 15.4 Å². The lowest BCUT2D eigenvalue weighted by atomic mass is 10.2. The lowest BCUT2D eigenvalue weighted by Gasteiger charge is -2.11. The Morgan fingerprint density at radius 1 is 1.08 bits per heavy atom. The molecule has 1 aromatic carbocycles. The molecule has 1 rings (SSSR count). The van der Waals surface area contributed by atoms with Gasteiger partial charge in [-0.15, -0.1) is 0 Å². The molecule has 3 amide bonds. The number of hydrogen-bond acceptors (Lipinski definition) is 7. The molecule has 0 spiro atoms. The molecule has 0 radical (unpaired) electrons. The minimum absolute atomic E-state index is 0.0526. The van der Waals surface area contributed by atoms with E-state index in [-0.39, 0.29) is 13.2 Å². The molecule has 10 nitrogen and oxygen atoms in total. The van der Waals surface area contributed by atoms with Gasteiger partial charge in [-0.25, -0.2) is 14.4 Å². The molecule has 0 unspecified atom stereocenters. The summed E-state index contributed by atoms with van der Waals surface area (Å²) in [6, 6.07) is 6.86. The van der Waals surface area contributed by atoms with Gasteiger partial charge in [0.2, 0.25) is 5.91 Å². The number of hydrogen-bond donors (Lipinski definition) is 4. The first-order chi connectivity index (χ1) is 11.4. The standard InChI is InChI=1S/C14H18N4O6/c15-10(6-18-13(16)21)12(20)17-7-11(19)24-14(22)23-8-9-4-2-1-3-5-9/h1-5,10H,6-8,15H2,(H,17,20)(H3,16,18,21)/t10-/m0/s1. The number of nitrogens with one attached hydrogen (secondary N) is 2. The normalized spacial score (nSPS) is 11.0. The third-order valence-electron chi connectivity index (χ3n) is 2.64. The molecule has 0 fully saturated rings. The van der Waals surface area contributed by atoms with E-state index >= 15 is 0 Å². The molecular weight excluding hydrogens is 320 g/mol. The van der Waals surface area contributed by atoms with Crippen LogP contribution in [-0.2, 0) is 25.7 Å². The second-order valence-electron chi connectivity index (χ2n) is 4.57. The summed E-state index contributed by atoms with van der Waals surface area (Å²) in [4.78, 5) is 44.7. The lowest BCUT2D eigenvalue weighted by molar-refractivity contribution is -0.140. The first kappa shape index (κ1) is 18.9. The van der Waals surface area contributed by atoms with Gasteiger partial charge in [0.1, 0.15) is 19.2 Å². The van der Waals surface area contributed by atoms with Crippen LogP contribution in [0.15, 0.2) is 30.3 Å². The Labute approximate surface area is 137 Å². The summed E-state index contributed by atoms with van der Waals surface area (Å²) in [5, 5.41) is 4.29. The van der Waals surface area contributed by atoms with Crippen LogP contribution in [0.25, 0.3) is 0 Å². The second kappa shape index (κ2) is 9.79. The van der Waals surface area contributed by atoms with Crippen molar-refractivity contribution >= 4 is 24.1 Å². The average Bonchev–Trinajstić information content (AvgIpc) is 2.56. The van der Waals surface area contributed by atoms with Crippen molar-refractivity contribution in [3.8, 4) is 0 Å². The minimum Gasteiger partial charge on any atom is -0.429 e. The zero-order valence-electron chi connectivity index (χ0n) is 12.7. The zero-order chi connectivity index (χ0) is 17.9. The maximum atomic E-state index is 11.5. The summed E-state index contributed by atoms with van der Waals surface area (Å²) >= 11 is 0. The number of benzene rings is 1. The molecule has 0 saturated carbocycles. The Morgan fingerprint density at radius 3 is 2.38 bits per heavy atom. The number of carbonyl (C=O) groups is 4. The first-order valence-corrected chi connectivity index (χ1v) is 6.86. The van der Waals surface area contributed by atoms with E-state index in [1.165, 1.54) is 0 Å². The summed E-state index contributed by atoms with van der Waals surface area (Å²) in [5.41, 5.74) is 11.0. The number of carbonyl (C=O) groups excluding carboxylic acids is 4. The van der Waals surface area contributed by atoms with Gasteiger partial charge in [0.25, 0.3) is 0 Å². The lowest BCUT2D eigenvalue weighted by Crippen LogP contribution is -2.50. The Morgan fingerprint density at radius 2 is 1.75 bits per heavy atom. The van der Waals surface area contributed by atoms with Crippen LogP contribution in [-0.4, -0.2) is 43.2 Å². The van der Waals surface area contributed by atoms with E-state index in [1.54, 1.807) is 30.3 Å². The predicted octanol–water partition coefficient (Wildman–Crippen LogP) is -1.02. The molecule has 24 heavy (non-hydrogen) atoms. The van der Waals surface area contributed by atoms with Crippen molar-refractivity contribution in [1.29, 1.82) is 0 Å². The molecule has 0 aliphatic carbocycles. The Balaban J connectivity index is 2.24. The SMILES string of the molecule is NC(=O)NC[C@H](N)C(=O)NCC(=O)OC(=O)OCc1ccccc1. The van der Waals surface area contributed by atoms with Crippen molar-refractivity contribution in [2.45, 2.75) is 12.6 Å². The molecule has 0 saturated heterocycles. The van der Waals surface area contributed by atoms with Crippen LogP contribution >= 0.6 is 0 Å². The van der Waals surface area contributed by atoms with E-state index < -0.39 is 36.6 Å². The van der Waals surface area contributed by atoms with Crippen molar-refractivity contribution < 1.29 is 28.7 Å². The highest BCUT2D eigenvalue weighted by atomic mass is 16.7. The Bertz CT molecular complexity index is 592. The minimum atomic E-state index is -1.18. The largest absolute Gasteiger partial charge is 0.516 e. The first-order valence-electron chi connectivity index (χ1n) is 6.86. The second-order valence-corrected chi connectivity index (χ2v) is 4.57. The summed E-state index contributed by atoms with van der Waals surface area (Å²) in [7, 11) is 0. The van der Waals surface area contributed by atoms with Gasteiger partial charge < -0.3 is 31.6 Å². The van der Waals surface area contributed by atoms with E-state index in [0.29, 0.717) is 0 Å². The number of urea groups is 1. The molecule has 130 valence electrons. The van der Waals surface area contributed by atoms with Gasteiger partial charge in [0.05, 0.1) is 0 Å². The van der Waals surface area contributed by atoms with Crippen LogP contribution in [0, 0.1) is 0 Å². The number of primary amides is 1. The molecule has 6 N–H and O–H groups in total. The van der Waals surface area contributed by atoms with Gasteiger partial charge >= 0.3 is 18.2 Å². The maximum Gasteiger partial charge on any atom is 0.516 e. The van der Waals surface area contributed by atoms with Crippen LogP contribution in [0.1, 0.15) is 5.56 Å². The Hall–Kier alpha value is -3.14. The average molecular weight is 338 g/mol. The number of nitrogens with two attached hydrogens (primary N) is 2. The van der Waals surface area contributed by atoms with Crippen molar-refractivity contribution in [2.24, 2.45) is 11.5 Å². The van der Waals surface area contributed by atoms with Crippen LogP contribution < -0.4 is 22.1 Å². The molecule has 0 bridgehead atoms. The Kier molecular flexibility index (Phi) is 7.71. The van der Waals surface area contributed by atoms with E-state index in [9.17, 15) is 19.2 Å². The van der Waals surface area contributed by atoms with Crippen LogP contribution in [0.4, 0.5) is 9.59 Å². The van der Waals surface area contributed by atoms with Crippen molar-refractivity contribution in [1.82, 2.24) is 10.6 Å². The predicted molar refractivity (Wildman–Crippen MR) is 81.3 cm³/mol. The van der Waals surface area contributed by atoms with Gasteiger partial charge in [-0.2, -0.15) is 0 Å². The van der Waals surface area contributed by atoms with Crippen molar-refractivity contribution in [3.63, 3.8) is 0 Å². The third kappa shape index (κ3) is 7.75. The number of ether oxygens (including phenoxy) is 2. The highest BCUT2D eigenvalue weighted by Crippen LogP contribution is 2.01. The third-order valence-corrected chi connectivity index (χ3v) is 2.64. The summed E-state index contributed by atoms with van der Waals surface area (Å²) in [5.74, 6) is -1.74. The van der Waals surface area contributed by atoms with Gasteiger partial charge in [-0.05, 0) is 5.56 Å². The van der Waals surface area contributed by atoms with Crippen LogP contribution in [0.2, 0.25) is 0 Å². The zero-order valence-corrected chi connectivity index (χ0v) is 12.7. The number of rotatable bonds is 7. The highest BCUT2D eigenvalue weighted by molar-refractivity contribution is 5.89. The van der Waals surface area contributed by atoms with Gasteiger partial charge in [-0.3, -0.25) is 4.79 Å². The van der Waals surface area contributed by atoms with E-state index in [4.69, 9.17) is 16.2 Å². The van der Waals surface area contributed by atoms with E-state index in [1.807, 2.05) is 0 Å². The smallest absolute Gasteiger partial charge is 0.429 e. The molecule has 1 atom stereocenters. The molecular formula is C14H18N4O6. The van der Waals surface area contributed by atoms with Gasteiger partial charge in [0, 0.05) is 6.54 Å². The fraction of sp³-hybridized carbons (Fsp3) is 0.286. The molecule has 1 aromatic rings. The molecule has 0 aromatic heterocycles. The monoisotopic (exact) mass is 338 g/mol. The fourth-order valence-corrected chi connectivity index (χ4v) is 1.47. The molecule has 0 heterocycles. The topological polar surface area (TPSA) is 163 Å². The highest BCUT2D eigenvalue weighted by Gasteiger charge is 2.17. The maximum absolute atomic E-state index is 11.5. The summed E-state index contributed by atoms with van der Waals surface area (Å²) in [6.45, 7) is -0.832. The van der Waals surface area contributed by atoms with Crippen LogP contribution in [0.3, 0.4) is 0 Å². The molecule has 0 aliphatic rings. The van der Waals surface area contributed by atoms with E-state index in [0.717, 1.165) is 5.56 Å². The summed E-state index contributed by atoms with van der Waals surface area (Å²) in [6.07, 6.45) is -1.18. The van der Waals surface area contributed by atoms with Crippen LogP contribution in [0.5, 0.6) is 0 Å². The molecule has 10 heteroatoms. The van der Waals surface area contributed by atoms with Crippen molar-refractivity contribution in [3.05, 3.63) is 35.9 Å². The number of esters is 1. The molecule has 0 aliphatic heterocycles. The van der Waals surface area contributed by atoms with Gasteiger partial charge in [-0.1, -0.05) is 30.3 Å².